The van der Waals surface area contributed by atoms with Crippen molar-refractivity contribution in [3.05, 3.63) is 29.8 Å². The fourth-order valence-corrected chi connectivity index (χ4v) is 1.56. The Kier molecular flexibility index (Phi) is 6.02. The largest absolute Gasteiger partial charge is 0.349 e. The molecule has 0 saturated heterocycles. The Bertz CT molecular complexity index is 443. The summed E-state index contributed by atoms with van der Waals surface area (Å²) in [6.07, 6.45) is 1.11. The van der Waals surface area contributed by atoms with Gasteiger partial charge in [0.05, 0.1) is 11.2 Å². The average molecular weight is 327 g/mol. The highest BCUT2D eigenvalue weighted by molar-refractivity contribution is 9.10. The number of nitrogens with one attached hydrogen (secondary N) is 1. The van der Waals surface area contributed by atoms with Gasteiger partial charge in [0.25, 0.3) is 0 Å². The van der Waals surface area contributed by atoms with Crippen LogP contribution in [0.3, 0.4) is 0 Å². The molecule has 2 amide bonds. The van der Waals surface area contributed by atoms with Crippen molar-refractivity contribution in [2.24, 2.45) is 0 Å². The lowest BCUT2D eigenvalue weighted by molar-refractivity contribution is -0.128. The first-order chi connectivity index (χ1) is 8.93. The maximum absolute atomic E-state index is 11.7. The summed E-state index contributed by atoms with van der Waals surface area (Å²) in [4.78, 5) is 24.6. The number of hydrogen-bond acceptors (Lipinski definition) is 2. The standard InChI is InChI=1S/C14H19BrN2O2/c1-4-12(15)14(19)16-11-7-5-10(6-8-11)9-13(18)17(2)3/h5-8,12H,4,9H2,1-3H3,(H,16,19). The Morgan fingerprint density at radius 1 is 1.26 bits per heavy atom. The quantitative estimate of drug-likeness (QED) is 0.845. The maximum atomic E-state index is 11.7. The number of anilines is 1. The summed E-state index contributed by atoms with van der Waals surface area (Å²) >= 11 is 3.30. The van der Waals surface area contributed by atoms with E-state index in [4.69, 9.17) is 0 Å². The third kappa shape index (κ3) is 5.03. The van der Waals surface area contributed by atoms with Gasteiger partial charge in [0.15, 0.2) is 0 Å². The van der Waals surface area contributed by atoms with Crippen molar-refractivity contribution >= 4 is 33.4 Å². The Hall–Kier alpha value is -1.36. The fourth-order valence-electron chi connectivity index (χ4n) is 1.44. The molecule has 0 radical (unpaired) electrons. The Labute approximate surface area is 122 Å². The summed E-state index contributed by atoms with van der Waals surface area (Å²) in [5, 5.41) is 2.81. The number of carbonyl (C=O) groups is 2. The summed E-state index contributed by atoms with van der Waals surface area (Å²) in [5.41, 5.74) is 1.67. The van der Waals surface area contributed by atoms with Crippen LogP contribution in [0.4, 0.5) is 5.69 Å². The predicted octanol–water partition coefficient (Wildman–Crippen LogP) is 2.43. The van der Waals surface area contributed by atoms with Crippen LogP contribution >= 0.6 is 15.9 Å². The second-order valence-corrected chi connectivity index (χ2v) is 5.63. The van der Waals surface area contributed by atoms with Gasteiger partial charge in [-0.05, 0) is 24.1 Å². The van der Waals surface area contributed by atoms with Gasteiger partial charge in [-0.3, -0.25) is 9.59 Å². The zero-order chi connectivity index (χ0) is 14.4. The van der Waals surface area contributed by atoms with Crippen LogP contribution in [0.15, 0.2) is 24.3 Å². The molecule has 0 spiro atoms. The van der Waals surface area contributed by atoms with Gasteiger partial charge < -0.3 is 10.2 Å². The number of halogens is 1. The van der Waals surface area contributed by atoms with Crippen LogP contribution in [0.5, 0.6) is 0 Å². The molecular formula is C14H19BrN2O2. The predicted molar refractivity (Wildman–Crippen MR) is 80.5 cm³/mol. The van der Waals surface area contributed by atoms with Crippen molar-refractivity contribution < 1.29 is 9.59 Å². The first-order valence-corrected chi connectivity index (χ1v) is 7.09. The molecule has 19 heavy (non-hydrogen) atoms. The molecule has 1 N–H and O–H groups in total. The molecule has 0 fully saturated rings. The van der Waals surface area contributed by atoms with Crippen LogP contribution in [0.1, 0.15) is 18.9 Å². The van der Waals surface area contributed by atoms with E-state index in [-0.39, 0.29) is 16.6 Å². The molecule has 0 bridgehead atoms. The summed E-state index contributed by atoms with van der Waals surface area (Å²) in [7, 11) is 3.47. The van der Waals surface area contributed by atoms with Crippen LogP contribution in [-0.4, -0.2) is 35.6 Å². The number of benzene rings is 1. The third-order valence-corrected chi connectivity index (χ3v) is 3.78. The van der Waals surface area contributed by atoms with E-state index in [1.807, 2.05) is 31.2 Å². The number of rotatable bonds is 5. The number of likely N-dealkylation sites (N-methyl/N-ethyl adjacent to an activating group) is 1. The first-order valence-electron chi connectivity index (χ1n) is 6.18. The van der Waals surface area contributed by atoms with Crippen LogP contribution in [-0.2, 0) is 16.0 Å². The summed E-state index contributed by atoms with van der Waals surface area (Å²) < 4.78 is 0. The molecule has 0 aliphatic rings. The molecule has 1 rings (SSSR count). The van der Waals surface area contributed by atoms with Gasteiger partial charge in [-0.15, -0.1) is 0 Å². The molecule has 0 saturated carbocycles. The second kappa shape index (κ2) is 7.28. The van der Waals surface area contributed by atoms with Gasteiger partial charge in [-0.1, -0.05) is 35.0 Å². The Morgan fingerprint density at radius 2 is 1.84 bits per heavy atom. The molecule has 1 aromatic carbocycles. The third-order valence-electron chi connectivity index (χ3n) is 2.72. The van der Waals surface area contributed by atoms with E-state index in [1.165, 1.54) is 0 Å². The highest BCUT2D eigenvalue weighted by Crippen LogP contribution is 2.13. The van der Waals surface area contributed by atoms with Crippen molar-refractivity contribution in [1.29, 1.82) is 0 Å². The number of hydrogen-bond donors (Lipinski definition) is 1. The molecule has 1 unspecified atom stereocenters. The monoisotopic (exact) mass is 326 g/mol. The van der Waals surface area contributed by atoms with E-state index in [9.17, 15) is 9.59 Å². The van der Waals surface area contributed by atoms with E-state index in [0.717, 1.165) is 17.7 Å². The smallest absolute Gasteiger partial charge is 0.238 e. The lowest BCUT2D eigenvalue weighted by Gasteiger charge is -2.11. The molecule has 0 aliphatic carbocycles. The SMILES string of the molecule is CCC(Br)C(=O)Nc1ccc(CC(=O)N(C)C)cc1. The second-order valence-electron chi connectivity index (χ2n) is 4.53. The average Bonchev–Trinajstić information content (AvgIpc) is 2.39. The Balaban J connectivity index is 2.62. The van der Waals surface area contributed by atoms with E-state index in [2.05, 4.69) is 21.2 Å². The molecule has 0 aromatic heterocycles. The molecule has 4 nitrogen and oxygen atoms in total. The van der Waals surface area contributed by atoms with Crippen LogP contribution < -0.4 is 5.32 Å². The molecule has 5 heteroatoms. The van der Waals surface area contributed by atoms with E-state index < -0.39 is 0 Å². The van der Waals surface area contributed by atoms with Gasteiger partial charge in [0.1, 0.15) is 0 Å². The van der Waals surface area contributed by atoms with E-state index in [0.29, 0.717) is 6.42 Å². The minimum Gasteiger partial charge on any atom is -0.349 e. The number of carbonyl (C=O) groups excluding carboxylic acids is 2. The van der Waals surface area contributed by atoms with Gasteiger partial charge in [-0.2, -0.15) is 0 Å². The van der Waals surface area contributed by atoms with Crippen LogP contribution in [0.2, 0.25) is 0 Å². The van der Waals surface area contributed by atoms with Gasteiger partial charge in [0.2, 0.25) is 11.8 Å². The normalized spacial score (nSPS) is 11.8. The van der Waals surface area contributed by atoms with Crippen LogP contribution in [0, 0.1) is 0 Å². The molecule has 0 heterocycles. The van der Waals surface area contributed by atoms with E-state index >= 15 is 0 Å². The molecule has 0 aliphatic heterocycles. The minimum atomic E-state index is -0.178. The number of amides is 2. The molecule has 1 aromatic rings. The zero-order valence-corrected chi connectivity index (χ0v) is 13.0. The molecule has 1 atom stereocenters. The topological polar surface area (TPSA) is 49.4 Å². The maximum Gasteiger partial charge on any atom is 0.238 e. The number of alkyl halides is 1. The Morgan fingerprint density at radius 3 is 2.32 bits per heavy atom. The zero-order valence-electron chi connectivity index (χ0n) is 11.4. The molecular weight excluding hydrogens is 308 g/mol. The van der Waals surface area contributed by atoms with E-state index in [1.54, 1.807) is 19.0 Å². The van der Waals surface area contributed by atoms with Crippen LogP contribution in [0.25, 0.3) is 0 Å². The van der Waals surface area contributed by atoms with Crippen molar-refractivity contribution in [3.63, 3.8) is 0 Å². The van der Waals surface area contributed by atoms with Gasteiger partial charge >= 0.3 is 0 Å². The van der Waals surface area contributed by atoms with Gasteiger partial charge in [-0.25, -0.2) is 0 Å². The fraction of sp³-hybridized carbons (Fsp3) is 0.429. The summed E-state index contributed by atoms with van der Waals surface area (Å²) in [5.74, 6) is 0.00269. The lowest BCUT2D eigenvalue weighted by Crippen LogP contribution is -2.23. The highest BCUT2D eigenvalue weighted by Gasteiger charge is 2.12. The highest BCUT2D eigenvalue weighted by atomic mass is 79.9. The number of nitrogens with zero attached hydrogens (tertiary/aromatic N) is 1. The lowest BCUT2D eigenvalue weighted by atomic mass is 10.1. The van der Waals surface area contributed by atoms with Crippen molar-refractivity contribution in [1.82, 2.24) is 4.90 Å². The molecule has 104 valence electrons. The van der Waals surface area contributed by atoms with Gasteiger partial charge in [0, 0.05) is 19.8 Å². The van der Waals surface area contributed by atoms with Crippen molar-refractivity contribution in [2.75, 3.05) is 19.4 Å². The van der Waals surface area contributed by atoms with Crippen molar-refractivity contribution in [2.45, 2.75) is 24.6 Å². The van der Waals surface area contributed by atoms with Crippen molar-refractivity contribution in [3.8, 4) is 0 Å². The summed E-state index contributed by atoms with van der Waals surface area (Å²) in [6.45, 7) is 1.94. The summed E-state index contributed by atoms with van der Waals surface area (Å²) in [6, 6.07) is 7.33. The minimum absolute atomic E-state index is 0.0559. The first kappa shape index (κ1) is 15.7.